The fourth-order valence-electron chi connectivity index (χ4n) is 3.51. The molecule has 0 radical (unpaired) electrons. The van der Waals surface area contributed by atoms with Gasteiger partial charge in [-0.15, -0.1) is 11.3 Å². The Bertz CT molecular complexity index is 1030. The van der Waals surface area contributed by atoms with Crippen molar-refractivity contribution in [3.8, 4) is 0 Å². The molecule has 0 bridgehead atoms. The van der Waals surface area contributed by atoms with Gasteiger partial charge >= 0.3 is 0 Å². The Morgan fingerprint density at radius 1 is 1.17 bits per heavy atom. The van der Waals surface area contributed by atoms with Gasteiger partial charge in [-0.05, 0) is 24.3 Å². The van der Waals surface area contributed by atoms with Crippen LogP contribution in [0.15, 0.2) is 42.5 Å². The maximum absolute atomic E-state index is 12.6. The van der Waals surface area contributed by atoms with Gasteiger partial charge in [0, 0.05) is 50.1 Å². The number of nitro benzene ring substituents is 1. The van der Waals surface area contributed by atoms with Crippen molar-refractivity contribution in [3.63, 3.8) is 0 Å². The molecule has 9 heteroatoms. The number of fused-ring (bicyclic) bond motifs is 1. The summed E-state index contributed by atoms with van der Waals surface area (Å²) in [5.74, 6) is 0.0921. The van der Waals surface area contributed by atoms with Gasteiger partial charge in [0.1, 0.15) is 5.69 Å². The van der Waals surface area contributed by atoms with Gasteiger partial charge < -0.3 is 9.80 Å². The van der Waals surface area contributed by atoms with Crippen LogP contribution in [0.5, 0.6) is 0 Å². The van der Waals surface area contributed by atoms with Crippen molar-refractivity contribution in [2.75, 3.05) is 31.1 Å². The van der Waals surface area contributed by atoms with Gasteiger partial charge in [-0.25, -0.2) is 4.98 Å². The van der Waals surface area contributed by atoms with E-state index in [1.54, 1.807) is 23.5 Å². The highest BCUT2D eigenvalue weighted by Gasteiger charge is 2.26. The van der Waals surface area contributed by atoms with Crippen molar-refractivity contribution in [1.82, 2.24) is 9.88 Å². The summed E-state index contributed by atoms with van der Waals surface area (Å²) in [5.41, 5.74) is 1.51. The summed E-state index contributed by atoms with van der Waals surface area (Å²) in [6.07, 6.45) is 1.04. The topological polar surface area (TPSA) is 79.6 Å². The van der Waals surface area contributed by atoms with Gasteiger partial charge in [0.15, 0.2) is 0 Å². The fourth-order valence-corrected chi connectivity index (χ4v) is 4.64. The lowest BCUT2D eigenvalue weighted by Crippen LogP contribution is -2.49. The maximum Gasteiger partial charge on any atom is 0.294 e. The van der Waals surface area contributed by atoms with E-state index in [9.17, 15) is 14.9 Å². The molecule has 3 aromatic rings. The summed E-state index contributed by atoms with van der Waals surface area (Å²) in [7, 11) is 0. The quantitative estimate of drug-likeness (QED) is 0.449. The first-order valence-corrected chi connectivity index (χ1v) is 10.5. The summed E-state index contributed by atoms with van der Waals surface area (Å²) in [5, 5.41) is 12.6. The van der Waals surface area contributed by atoms with Gasteiger partial charge in [-0.1, -0.05) is 23.7 Å². The van der Waals surface area contributed by atoms with E-state index in [1.165, 1.54) is 6.07 Å². The molecule has 2 heterocycles. The van der Waals surface area contributed by atoms with Gasteiger partial charge in [0.25, 0.3) is 5.69 Å². The lowest BCUT2D eigenvalue weighted by molar-refractivity contribution is -0.384. The van der Waals surface area contributed by atoms with Crippen LogP contribution >= 0.6 is 22.9 Å². The molecule has 1 aliphatic heterocycles. The van der Waals surface area contributed by atoms with Crippen LogP contribution in [-0.2, 0) is 11.2 Å². The van der Waals surface area contributed by atoms with E-state index in [1.807, 2.05) is 34.1 Å². The number of anilines is 1. The number of hydrogen-bond donors (Lipinski definition) is 0. The molecule has 0 N–H and O–H groups in total. The van der Waals surface area contributed by atoms with Crippen LogP contribution in [0.4, 0.5) is 11.4 Å². The SMILES string of the molecule is O=C(CCc1nc2ccccc2s1)N1CCN(c2ccc(Cl)cc2[N+](=O)[O-])CC1. The van der Waals surface area contributed by atoms with Gasteiger partial charge in [-0.3, -0.25) is 14.9 Å². The zero-order chi connectivity index (χ0) is 20.4. The lowest BCUT2D eigenvalue weighted by Gasteiger charge is -2.35. The van der Waals surface area contributed by atoms with E-state index in [2.05, 4.69) is 4.98 Å². The highest BCUT2D eigenvalue weighted by molar-refractivity contribution is 7.18. The number of aromatic nitrogens is 1. The van der Waals surface area contributed by atoms with Gasteiger partial charge in [0.05, 0.1) is 20.1 Å². The standard InChI is InChI=1S/C20H19ClN4O3S/c21-14-5-6-16(17(13-14)25(27)28)23-9-11-24(12-10-23)20(26)8-7-19-22-15-3-1-2-4-18(15)29-19/h1-6,13H,7-12H2. The Balaban J connectivity index is 1.34. The minimum Gasteiger partial charge on any atom is -0.362 e. The highest BCUT2D eigenvalue weighted by Crippen LogP contribution is 2.31. The molecular formula is C20H19ClN4O3S. The van der Waals surface area contributed by atoms with E-state index < -0.39 is 4.92 Å². The first-order valence-electron chi connectivity index (χ1n) is 9.32. The third-order valence-corrected chi connectivity index (χ3v) is 6.33. The average Bonchev–Trinajstić information content (AvgIpc) is 3.15. The Labute approximate surface area is 176 Å². The number of aryl methyl sites for hydroxylation is 1. The van der Waals surface area contributed by atoms with E-state index in [-0.39, 0.29) is 11.6 Å². The van der Waals surface area contributed by atoms with E-state index >= 15 is 0 Å². The molecule has 0 spiro atoms. The fraction of sp³-hybridized carbons (Fsp3) is 0.300. The van der Waals surface area contributed by atoms with Crippen LogP contribution in [-0.4, -0.2) is 46.9 Å². The molecule has 4 rings (SSSR count). The highest BCUT2D eigenvalue weighted by atomic mass is 35.5. The number of nitro groups is 1. The molecule has 0 unspecified atom stereocenters. The zero-order valence-corrected chi connectivity index (χ0v) is 17.2. The number of carbonyl (C=O) groups excluding carboxylic acids is 1. The van der Waals surface area contributed by atoms with E-state index in [0.29, 0.717) is 49.7 Å². The summed E-state index contributed by atoms with van der Waals surface area (Å²) in [6, 6.07) is 12.7. The summed E-state index contributed by atoms with van der Waals surface area (Å²) in [4.78, 5) is 31.9. The molecule has 1 saturated heterocycles. The molecule has 0 aliphatic carbocycles. The number of nitrogens with zero attached hydrogens (tertiary/aromatic N) is 4. The largest absolute Gasteiger partial charge is 0.362 e. The summed E-state index contributed by atoms with van der Waals surface area (Å²) in [6.45, 7) is 2.18. The van der Waals surface area contributed by atoms with Crippen molar-refractivity contribution in [3.05, 3.63) is 62.6 Å². The van der Waals surface area contributed by atoms with E-state index in [0.717, 1.165) is 15.2 Å². The second-order valence-corrected chi connectivity index (χ2v) is 8.38. The number of para-hydroxylation sites is 1. The molecule has 0 atom stereocenters. The van der Waals surface area contributed by atoms with Crippen LogP contribution in [0.25, 0.3) is 10.2 Å². The first kappa shape index (κ1) is 19.6. The van der Waals surface area contributed by atoms with Crippen LogP contribution in [0, 0.1) is 10.1 Å². The average molecular weight is 431 g/mol. The smallest absolute Gasteiger partial charge is 0.294 e. The summed E-state index contributed by atoms with van der Waals surface area (Å²) < 4.78 is 1.13. The number of piperazine rings is 1. The van der Waals surface area contributed by atoms with Crippen molar-refractivity contribution < 1.29 is 9.72 Å². The Morgan fingerprint density at radius 2 is 1.93 bits per heavy atom. The number of carbonyl (C=O) groups is 1. The molecule has 1 aliphatic rings. The minimum absolute atomic E-state index is 0.00638. The second kappa shape index (κ2) is 8.34. The number of halogens is 1. The third kappa shape index (κ3) is 4.33. The minimum atomic E-state index is -0.420. The van der Waals surface area contributed by atoms with Gasteiger partial charge in [0.2, 0.25) is 5.91 Å². The molecule has 1 amide bonds. The van der Waals surface area contributed by atoms with E-state index in [4.69, 9.17) is 11.6 Å². The van der Waals surface area contributed by atoms with Crippen LogP contribution < -0.4 is 4.90 Å². The maximum atomic E-state index is 12.6. The van der Waals surface area contributed by atoms with Crippen molar-refractivity contribution >= 4 is 50.4 Å². The molecular weight excluding hydrogens is 412 g/mol. The van der Waals surface area contributed by atoms with Gasteiger partial charge in [-0.2, -0.15) is 0 Å². The van der Waals surface area contributed by atoms with Crippen molar-refractivity contribution in [1.29, 1.82) is 0 Å². The molecule has 150 valence electrons. The molecule has 7 nitrogen and oxygen atoms in total. The number of hydrogen-bond acceptors (Lipinski definition) is 6. The zero-order valence-electron chi connectivity index (χ0n) is 15.6. The Morgan fingerprint density at radius 3 is 2.66 bits per heavy atom. The van der Waals surface area contributed by atoms with Crippen molar-refractivity contribution in [2.45, 2.75) is 12.8 Å². The third-order valence-electron chi connectivity index (χ3n) is 5.00. The predicted molar refractivity (Wildman–Crippen MR) is 115 cm³/mol. The Kier molecular flexibility index (Phi) is 5.64. The molecule has 2 aromatic carbocycles. The monoisotopic (exact) mass is 430 g/mol. The second-order valence-electron chi connectivity index (χ2n) is 6.83. The molecule has 29 heavy (non-hydrogen) atoms. The number of thiazole rings is 1. The predicted octanol–water partition coefficient (Wildman–Crippen LogP) is 4.14. The first-order chi connectivity index (χ1) is 14.0. The number of benzene rings is 2. The Hall–Kier alpha value is -2.71. The van der Waals surface area contributed by atoms with Crippen LogP contribution in [0.3, 0.4) is 0 Å². The molecule has 1 fully saturated rings. The lowest BCUT2D eigenvalue weighted by atomic mass is 10.2. The number of rotatable bonds is 5. The summed E-state index contributed by atoms with van der Waals surface area (Å²) >= 11 is 7.52. The van der Waals surface area contributed by atoms with Crippen molar-refractivity contribution in [2.24, 2.45) is 0 Å². The molecule has 1 aromatic heterocycles. The normalized spacial score (nSPS) is 14.4. The number of amides is 1. The van der Waals surface area contributed by atoms with Crippen LogP contribution in [0.2, 0.25) is 5.02 Å². The molecule has 0 saturated carbocycles. The van der Waals surface area contributed by atoms with Crippen LogP contribution in [0.1, 0.15) is 11.4 Å².